The Bertz CT molecular complexity index is 363. The van der Waals surface area contributed by atoms with Crippen LogP contribution in [-0.2, 0) is 0 Å². The molecule has 0 amide bonds. The maximum Gasteiger partial charge on any atom is 0.140 e. The van der Waals surface area contributed by atoms with Gasteiger partial charge >= 0.3 is 0 Å². The molecular formula is C11H18N4O. The third-order valence-corrected chi connectivity index (χ3v) is 2.21. The van der Waals surface area contributed by atoms with E-state index in [-0.39, 0.29) is 5.84 Å². The number of oxime groups is 1. The number of nitrogens with zero attached hydrogens (tertiary/aromatic N) is 2. The fraction of sp³-hybridized carbons (Fsp3) is 0.364. The van der Waals surface area contributed by atoms with E-state index in [1.807, 2.05) is 43.3 Å². The summed E-state index contributed by atoms with van der Waals surface area (Å²) in [6.45, 7) is 0.640. The smallest absolute Gasteiger partial charge is 0.140 e. The van der Waals surface area contributed by atoms with Crippen molar-refractivity contribution in [1.82, 2.24) is 0 Å². The second-order valence-electron chi connectivity index (χ2n) is 3.68. The molecule has 0 aliphatic carbocycles. The zero-order chi connectivity index (χ0) is 12.0. The van der Waals surface area contributed by atoms with Crippen LogP contribution < -0.4 is 16.0 Å². The molecule has 0 bridgehead atoms. The van der Waals surface area contributed by atoms with Gasteiger partial charge in [0.25, 0.3) is 0 Å². The number of nitrogens with one attached hydrogen (secondary N) is 1. The highest BCUT2D eigenvalue weighted by atomic mass is 16.4. The standard InChI is InChI=1S/C11H18N4O/c1-15(2)10-6-4-3-5-9(10)13-8-7-11(12)14-16/h3-6,13,16H,7-8H2,1-2H3,(H2,12,14). The first-order valence-electron chi connectivity index (χ1n) is 5.11. The van der Waals surface area contributed by atoms with Crippen LogP contribution in [0.25, 0.3) is 0 Å². The summed E-state index contributed by atoms with van der Waals surface area (Å²) in [5.74, 6) is 0.231. The Morgan fingerprint density at radius 3 is 2.75 bits per heavy atom. The summed E-state index contributed by atoms with van der Waals surface area (Å²) in [6.07, 6.45) is 0.512. The van der Waals surface area contributed by atoms with Gasteiger partial charge in [0.05, 0.1) is 11.4 Å². The number of anilines is 2. The average Bonchev–Trinajstić information content (AvgIpc) is 2.29. The van der Waals surface area contributed by atoms with Crippen molar-refractivity contribution in [3.63, 3.8) is 0 Å². The molecule has 5 nitrogen and oxygen atoms in total. The van der Waals surface area contributed by atoms with Crippen molar-refractivity contribution in [2.24, 2.45) is 10.9 Å². The fourth-order valence-corrected chi connectivity index (χ4v) is 1.39. The van der Waals surface area contributed by atoms with E-state index >= 15 is 0 Å². The number of nitrogens with two attached hydrogens (primary N) is 1. The third-order valence-electron chi connectivity index (χ3n) is 2.21. The van der Waals surface area contributed by atoms with Crippen molar-refractivity contribution >= 4 is 17.2 Å². The molecule has 4 N–H and O–H groups in total. The molecule has 0 saturated heterocycles. The minimum Gasteiger partial charge on any atom is -0.409 e. The van der Waals surface area contributed by atoms with Crippen LogP contribution >= 0.6 is 0 Å². The maximum absolute atomic E-state index is 8.40. The summed E-state index contributed by atoms with van der Waals surface area (Å²) in [7, 11) is 3.98. The lowest BCUT2D eigenvalue weighted by molar-refractivity contribution is 0.317. The Hall–Kier alpha value is -1.91. The molecule has 16 heavy (non-hydrogen) atoms. The van der Waals surface area contributed by atoms with Gasteiger partial charge < -0.3 is 21.2 Å². The predicted octanol–water partition coefficient (Wildman–Crippen LogP) is 1.30. The van der Waals surface area contributed by atoms with E-state index < -0.39 is 0 Å². The van der Waals surface area contributed by atoms with Crippen LogP contribution in [0.15, 0.2) is 29.4 Å². The molecule has 0 unspecified atom stereocenters. The van der Waals surface area contributed by atoms with Crippen LogP contribution in [0.4, 0.5) is 11.4 Å². The van der Waals surface area contributed by atoms with E-state index in [0.717, 1.165) is 11.4 Å². The summed E-state index contributed by atoms with van der Waals surface area (Å²) in [4.78, 5) is 2.03. The van der Waals surface area contributed by atoms with Gasteiger partial charge in [-0.1, -0.05) is 17.3 Å². The van der Waals surface area contributed by atoms with Crippen molar-refractivity contribution in [2.45, 2.75) is 6.42 Å². The van der Waals surface area contributed by atoms with Gasteiger partial charge in [0.15, 0.2) is 0 Å². The van der Waals surface area contributed by atoms with Gasteiger partial charge in [-0.3, -0.25) is 0 Å². The molecule has 1 aromatic carbocycles. The topological polar surface area (TPSA) is 73.9 Å². The molecule has 88 valence electrons. The lowest BCUT2D eigenvalue weighted by Crippen LogP contribution is -2.18. The SMILES string of the molecule is CN(C)c1ccccc1NCC/C(N)=N/O. The van der Waals surface area contributed by atoms with Gasteiger partial charge in [0, 0.05) is 27.1 Å². The van der Waals surface area contributed by atoms with Crippen LogP contribution in [0.3, 0.4) is 0 Å². The minimum absolute atomic E-state index is 0.231. The second kappa shape index (κ2) is 5.85. The van der Waals surface area contributed by atoms with E-state index in [1.54, 1.807) is 0 Å². The Balaban J connectivity index is 2.60. The second-order valence-corrected chi connectivity index (χ2v) is 3.68. The largest absolute Gasteiger partial charge is 0.409 e. The molecule has 0 saturated carbocycles. The molecule has 0 heterocycles. The molecule has 0 spiro atoms. The maximum atomic E-state index is 8.40. The molecule has 0 aliphatic rings. The number of para-hydroxylation sites is 2. The normalized spacial score (nSPS) is 11.2. The van der Waals surface area contributed by atoms with Crippen LogP contribution in [0.1, 0.15) is 6.42 Å². The van der Waals surface area contributed by atoms with Crippen molar-refractivity contribution < 1.29 is 5.21 Å². The number of amidine groups is 1. The Labute approximate surface area is 95.5 Å². The lowest BCUT2D eigenvalue weighted by atomic mass is 10.2. The van der Waals surface area contributed by atoms with Gasteiger partial charge in [0.2, 0.25) is 0 Å². The van der Waals surface area contributed by atoms with Gasteiger partial charge in [-0.15, -0.1) is 0 Å². The molecule has 1 aromatic rings. The van der Waals surface area contributed by atoms with E-state index in [0.29, 0.717) is 13.0 Å². The summed E-state index contributed by atoms with van der Waals surface area (Å²) >= 11 is 0. The number of rotatable bonds is 5. The highest BCUT2D eigenvalue weighted by Gasteiger charge is 2.02. The third kappa shape index (κ3) is 3.34. The minimum atomic E-state index is 0.231. The Morgan fingerprint density at radius 1 is 1.44 bits per heavy atom. The van der Waals surface area contributed by atoms with Crippen LogP contribution in [0, 0.1) is 0 Å². The molecule has 0 aliphatic heterocycles. The van der Waals surface area contributed by atoms with Crippen molar-refractivity contribution in [3.8, 4) is 0 Å². The van der Waals surface area contributed by atoms with E-state index in [9.17, 15) is 0 Å². The van der Waals surface area contributed by atoms with Gasteiger partial charge in [-0.2, -0.15) is 0 Å². The molecule has 0 radical (unpaired) electrons. The Kier molecular flexibility index (Phi) is 4.44. The first-order chi connectivity index (χ1) is 7.65. The number of hydrogen-bond donors (Lipinski definition) is 3. The number of benzene rings is 1. The number of hydrogen-bond acceptors (Lipinski definition) is 4. The summed E-state index contributed by atoms with van der Waals surface area (Å²) < 4.78 is 0. The van der Waals surface area contributed by atoms with Crippen molar-refractivity contribution in [1.29, 1.82) is 0 Å². The van der Waals surface area contributed by atoms with Gasteiger partial charge in [0.1, 0.15) is 5.84 Å². The molecule has 0 atom stereocenters. The molecular weight excluding hydrogens is 204 g/mol. The predicted molar refractivity (Wildman–Crippen MR) is 67.3 cm³/mol. The summed E-state index contributed by atoms with van der Waals surface area (Å²) in [5.41, 5.74) is 7.54. The van der Waals surface area contributed by atoms with Crippen LogP contribution in [-0.4, -0.2) is 31.7 Å². The van der Waals surface area contributed by atoms with Crippen molar-refractivity contribution in [3.05, 3.63) is 24.3 Å². The van der Waals surface area contributed by atoms with E-state index in [1.165, 1.54) is 0 Å². The highest BCUT2D eigenvalue weighted by molar-refractivity contribution is 5.80. The monoisotopic (exact) mass is 222 g/mol. The van der Waals surface area contributed by atoms with E-state index in [2.05, 4.69) is 10.5 Å². The highest BCUT2D eigenvalue weighted by Crippen LogP contribution is 2.23. The first kappa shape index (κ1) is 12.2. The van der Waals surface area contributed by atoms with E-state index in [4.69, 9.17) is 10.9 Å². The molecule has 0 aromatic heterocycles. The van der Waals surface area contributed by atoms with Gasteiger partial charge in [-0.05, 0) is 12.1 Å². The first-order valence-corrected chi connectivity index (χ1v) is 5.11. The quantitative estimate of drug-likeness (QED) is 0.304. The zero-order valence-corrected chi connectivity index (χ0v) is 9.64. The zero-order valence-electron chi connectivity index (χ0n) is 9.64. The molecule has 0 fully saturated rings. The van der Waals surface area contributed by atoms with Crippen LogP contribution in [0.2, 0.25) is 0 Å². The molecule has 5 heteroatoms. The fourth-order valence-electron chi connectivity index (χ4n) is 1.39. The summed E-state index contributed by atoms with van der Waals surface area (Å²) in [5, 5.41) is 14.6. The average molecular weight is 222 g/mol. The summed E-state index contributed by atoms with van der Waals surface area (Å²) in [6, 6.07) is 8.00. The lowest BCUT2D eigenvalue weighted by Gasteiger charge is -2.18. The Morgan fingerprint density at radius 2 is 2.12 bits per heavy atom. The van der Waals surface area contributed by atoms with Gasteiger partial charge in [-0.25, -0.2) is 0 Å². The van der Waals surface area contributed by atoms with Crippen LogP contribution in [0.5, 0.6) is 0 Å². The molecule has 1 rings (SSSR count). The van der Waals surface area contributed by atoms with Crippen molar-refractivity contribution in [2.75, 3.05) is 30.9 Å².